The van der Waals surface area contributed by atoms with Crippen LogP contribution in [0.3, 0.4) is 0 Å². The first-order valence-corrected chi connectivity index (χ1v) is 12.4. The number of unbranched alkanes of at least 4 members (excludes halogenated alkanes) is 1. The minimum atomic E-state index is -0.568. The summed E-state index contributed by atoms with van der Waals surface area (Å²) in [5, 5.41) is 0. The van der Waals surface area contributed by atoms with Gasteiger partial charge in [-0.1, -0.05) is 33.3 Å². The van der Waals surface area contributed by atoms with E-state index in [0.29, 0.717) is 19.3 Å². The Hall–Kier alpha value is -2.04. The maximum atomic E-state index is 13.9. The van der Waals surface area contributed by atoms with Crippen LogP contribution < -0.4 is 0 Å². The number of hydrogen-bond donors (Lipinski definition) is 0. The monoisotopic (exact) mass is 438 g/mol. The number of fused-ring (bicyclic) bond motifs is 4. The van der Waals surface area contributed by atoms with Crippen molar-refractivity contribution in [2.75, 3.05) is 6.61 Å². The molecule has 5 aliphatic carbocycles. The van der Waals surface area contributed by atoms with Gasteiger partial charge in [0.2, 0.25) is 0 Å². The van der Waals surface area contributed by atoms with Gasteiger partial charge < -0.3 is 4.74 Å². The molecule has 5 rings (SSSR count). The number of Topliss-reactive ketones (excluding diaryl/α,β-unsaturated/α-hetero) is 3. The number of ether oxygens (including phenoxy) is 1. The van der Waals surface area contributed by atoms with Gasteiger partial charge in [-0.15, -0.1) is 0 Å². The van der Waals surface area contributed by atoms with E-state index in [1.54, 1.807) is 0 Å². The number of rotatable bonds is 4. The van der Waals surface area contributed by atoms with Gasteiger partial charge in [-0.05, 0) is 66.4 Å². The van der Waals surface area contributed by atoms with E-state index in [2.05, 4.69) is 19.9 Å². The molecule has 5 heteroatoms. The maximum absolute atomic E-state index is 13.9. The van der Waals surface area contributed by atoms with Gasteiger partial charge in [0.25, 0.3) is 0 Å². The zero-order chi connectivity index (χ0) is 22.9. The third-order valence-electron chi connectivity index (χ3n) is 9.81. The van der Waals surface area contributed by atoms with E-state index in [9.17, 15) is 19.2 Å². The van der Waals surface area contributed by atoms with Crippen molar-refractivity contribution in [3.63, 3.8) is 0 Å². The Morgan fingerprint density at radius 1 is 1.09 bits per heavy atom. The molecule has 0 radical (unpaired) electrons. The van der Waals surface area contributed by atoms with Crippen LogP contribution >= 0.6 is 0 Å². The molecule has 3 saturated carbocycles. The molecule has 32 heavy (non-hydrogen) atoms. The fourth-order valence-electron chi connectivity index (χ4n) is 7.84. The van der Waals surface area contributed by atoms with Crippen molar-refractivity contribution in [1.82, 2.24) is 0 Å². The molecule has 172 valence electrons. The Morgan fingerprint density at radius 3 is 2.62 bits per heavy atom. The molecule has 0 aromatic heterocycles. The van der Waals surface area contributed by atoms with Crippen LogP contribution in [0.5, 0.6) is 0 Å². The number of allylic oxidation sites excluding steroid dienone is 3. The Bertz CT molecular complexity index is 986. The van der Waals surface area contributed by atoms with Crippen LogP contribution in [0.1, 0.15) is 85.0 Å². The van der Waals surface area contributed by atoms with Crippen LogP contribution in [0, 0.1) is 28.1 Å². The molecule has 0 aliphatic heterocycles. The van der Waals surface area contributed by atoms with Gasteiger partial charge in [0.1, 0.15) is 17.1 Å². The summed E-state index contributed by atoms with van der Waals surface area (Å²) < 4.78 is 5.58. The van der Waals surface area contributed by atoms with Gasteiger partial charge in [0, 0.05) is 25.2 Å². The van der Waals surface area contributed by atoms with Crippen molar-refractivity contribution in [3.05, 3.63) is 22.8 Å². The number of carbonyl (C=O) groups is 4. The van der Waals surface area contributed by atoms with Gasteiger partial charge in [-0.2, -0.15) is 0 Å². The molecule has 0 heterocycles. The first-order chi connectivity index (χ1) is 15.2. The SMILES string of the molecule is CCCCOC(=O)C1=C2C3=CC[C@@]4(C)CCC(=O)[C@@]34CCC2C2(C)CCC(=O)CC2C1=O. The Morgan fingerprint density at radius 2 is 1.88 bits per heavy atom. The maximum Gasteiger partial charge on any atom is 0.342 e. The molecule has 0 aromatic carbocycles. The normalized spacial score (nSPS) is 40.5. The van der Waals surface area contributed by atoms with Crippen LogP contribution in [0.25, 0.3) is 0 Å². The lowest BCUT2D eigenvalue weighted by molar-refractivity contribution is -0.147. The van der Waals surface area contributed by atoms with Crippen molar-refractivity contribution in [1.29, 1.82) is 0 Å². The Balaban J connectivity index is 1.68. The molecule has 3 unspecified atom stereocenters. The highest BCUT2D eigenvalue weighted by atomic mass is 16.5. The topological polar surface area (TPSA) is 77.5 Å². The first-order valence-electron chi connectivity index (χ1n) is 12.4. The molecule has 0 aromatic rings. The summed E-state index contributed by atoms with van der Waals surface area (Å²) in [4.78, 5) is 52.9. The average molecular weight is 439 g/mol. The highest BCUT2D eigenvalue weighted by Crippen LogP contribution is 2.71. The van der Waals surface area contributed by atoms with E-state index in [0.717, 1.165) is 49.7 Å². The molecular formula is C27H34O5. The van der Waals surface area contributed by atoms with E-state index in [4.69, 9.17) is 4.74 Å². The third-order valence-corrected chi connectivity index (χ3v) is 9.81. The van der Waals surface area contributed by atoms with Gasteiger partial charge in [0.05, 0.1) is 12.0 Å². The van der Waals surface area contributed by atoms with E-state index >= 15 is 0 Å². The number of ketones is 3. The molecule has 0 bridgehead atoms. The average Bonchev–Trinajstić information content (AvgIpc) is 3.19. The number of esters is 1. The predicted octanol–water partition coefficient (Wildman–Crippen LogP) is 4.68. The van der Waals surface area contributed by atoms with Crippen LogP contribution in [0.4, 0.5) is 0 Å². The van der Waals surface area contributed by atoms with Crippen molar-refractivity contribution in [2.45, 2.75) is 85.0 Å². The van der Waals surface area contributed by atoms with E-state index in [1.807, 2.05) is 6.92 Å². The fraction of sp³-hybridized carbons (Fsp3) is 0.704. The Labute approximate surface area is 190 Å². The molecule has 3 fully saturated rings. The zero-order valence-corrected chi connectivity index (χ0v) is 19.6. The molecular weight excluding hydrogens is 404 g/mol. The largest absolute Gasteiger partial charge is 0.462 e. The summed E-state index contributed by atoms with van der Waals surface area (Å²) in [5.74, 6) is -0.862. The minimum absolute atomic E-state index is 0.0136. The van der Waals surface area contributed by atoms with E-state index in [-0.39, 0.29) is 52.7 Å². The first kappa shape index (κ1) is 21.8. The Kier molecular flexibility index (Phi) is 4.92. The molecule has 0 amide bonds. The van der Waals surface area contributed by atoms with Gasteiger partial charge in [0.15, 0.2) is 5.78 Å². The van der Waals surface area contributed by atoms with Crippen LogP contribution in [-0.4, -0.2) is 29.9 Å². The summed E-state index contributed by atoms with van der Waals surface area (Å²) >= 11 is 0. The van der Waals surface area contributed by atoms with E-state index < -0.39 is 17.3 Å². The molecule has 5 atom stereocenters. The summed E-state index contributed by atoms with van der Waals surface area (Å²) in [5.41, 5.74) is 0.856. The number of hydrogen-bond acceptors (Lipinski definition) is 5. The van der Waals surface area contributed by atoms with Crippen molar-refractivity contribution in [2.24, 2.45) is 28.1 Å². The lowest BCUT2D eigenvalue weighted by Gasteiger charge is -2.55. The van der Waals surface area contributed by atoms with Crippen molar-refractivity contribution < 1.29 is 23.9 Å². The smallest absolute Gasteiger partial charge is 0.342 e. The second-order valence-electron chi connectivity index (χ2n) is 11.2. The molecule has 1 spiro atoms. The summed E-state index contributed by atoms with van der Waals surface area (Å²) in [7, 11) is 0. The van der Waals surface area contributed by atoms with Crippen LogP contribution in [-0.2, 0) is 23.9 Å². The third kappa shape index (κ3) is 2.63. The summed E-state index contributed by atoms with van der Waals surface area (Å²) in [6, 6.07) is 0. The molecule has 0 saturated heterocycles. The lowest BCUT2D eigenvalue weighted by atomic mass is 9.46. The molecule has 5 aliphatic rings. The van der Waals surface area contributed by atoms with Crippen LogP contribution in [0.2, 0.25) is 0 Å². The predicted molar refractivity (Wildman–Crippen MR) is 119 cm³/mol. The molecule has 5 nitrogen and oxygen atoms in total. The van der Waals surface area contributed by atoms with E-state index in [1.165, 1.54) is 0 Å². The highest BCUT2D eigenvalue weighted by Gasteiger charge is 2.67. The summed E-state index contributed by atoms with van der Waals surface area (Å²) in [6.45, 7) is 6.65. The van der Waals surface area contributed by atoms with Gasteiger partial charge >= 0.3 is 5.97 Å². The summed E-state index contributed by atoms with van der Waals surface area (Å²) in [6.07, 6.45) is 8.98. The highest BCUT2D eigenvalue weighted by molar-refractivity contribution is 6.21. The number of carbonyl (C=O) groups excluding carboxylic acids is 4. The van der Waals surface area contributed by atoms with Gasteiger partial charge in [-0.25, -0.2) is 4.79 Å². The second-order valence-corrected chi connectivity index (χ2v) is 11.2. The van der Waals surface area contributed by atoms with Crippen LogP contribution in [0.15, 0.2) is 22.8 Å². The zero-order valence-electron chi connectivity index (χ0n) is 19.6. The quantitative estimate of drug-likeness (QED) is 0.362. The second kappa shape index (κ2) is 7.23. The fourth-order valence-corrected chi connectivity index (χ4v) is 7.84. The molecule has 0 N–H and O–H groups in total. The van der Waals surface area contributed by atoms with Gasteiger partial charge in [-0.3, -0.25) is 14.4 Å². The minimum Gasteiger partial charge on any atom is -0.462 e. The van der Waals surface area contributed by atoms with Crippen molar-refractivity contribution >= 4 is 23.3 Å². The van der Waals surface area contributed by atoms with Crippen molar-refractivity contribution in [3.8, 4) is 0 Å². The standard InChI is InChI=1S/C27H34O5/c1-4-5-14-32-24(31)22-21-17(26(3)12-6-16(28)15-19(26)23(22)30)8-13-27-18(21)7-10-25(27,2)11-9-20(27)29/h7,17,19H,4-6,8-15H2,1-3H3/t17?,19?,25-,26?,27+/m0/s1. The lowest BCUT2D eigenvalue weighted by Crippen LogP contribution is -2.54.